The van der Waals surface area contributed by atoms with Crippen LogP contribution < -0.4 is 5.32 Å². The summed E-state index contributed by atoms with van der Waals surface area (Å²) in [4.78, 5) is 24.0. The number of hydrogen-bond donors (Lipinski definition) is 3. The predicted molar refractivity (Wildman–Crippen MR) is 105 cm³/mol. The summed E-state index contributed by atoms with van der Waals surface area (Å²) in [6.07, 6.45) is 10.5. The molecule has 1 aromatic carbocycles. The van der Waals surface area contributed by atoms with E-state index in [1.54, 1.807) is 18.3 Å². The van der Waals surface area contributed by atoms with Crippen LogP contribution in [0.3, 0.4) is 0 Å². The lowest BCUT2D eigenvalue weighted by molar-refractivity contribution is 0.0893. The SMILES string of the molecule is N=C/C=C\c1ncc(-c2cccc(-c3noc(C(=O)NC4CCCC4)n3)c2)[nH]1. The average molecular weight is 376 g/mol. The van der Waals surface area contributed by atoms with Gasteiger partial charge in [0.1, 0.15) is 5.82 Å². The number of aromatic nitrogens is 4. The molecule has 3 N–H and O–H groups in total. The van der Waals surface area contributed by atoms with Gasteiger partial charge in [-0.3, -0.25) is 4.79 Å². The number of H-pyrrole nitrogens is 1. The van der Waals surface area contributed by atoms with Crippen LogP contribution in [0.5, 0.6) is 0 Å². The molecule has 28 heavy (non-hydrogen) atoms. The molecule has 1 fully saturated rings. The molecule has 1 aliphatic carbocycles. The first-order chi connectivity index (χ1) is 13.7. The molecule has 0 saturated heterocycles. The molecule has 0 atom stereocenters. The number of allylic oxidation sites excluding steroid dienone is 1. The zero-order valence-corrected chi connectivity index (χ0v) is 15.2. The minimum absolute atomic E-state index is 0.0205. The summed E-state index contributed by atoms with van der Waals surface area (Å²) < 4.78 is 5.16. The average Bonchev–Trinajstić information content (AvgIpc) is 3.47. The van der Waals surface area contributed by atoms with Crippen LogP contribution >= 0.6 is 0 Å². The molecule has 0 bridgehead atoms. The van der Waals surface area contributed by atoms with Gasteiger partial charge in [0.15, 0.2) is 0 Å². The second-order valence-corrected chi connectivity index (χ2v) is 6.67. The Kier molecular flexibility index (Phi) is 5.09. The number of carbonyl (C=O) groups excluding carboxylic acids is 1. The number of imidazole rings is 1. The fourth-order valence-electron chi connectivity index (χ4n) is 3.28. The second-order valence-electron chi connectivity index (χ2n) is 6.67. The maximum Gasteiger partial charge on any atom is 0.316 e. The third-order valence-electron chi connectivity index (χ3n) is 4.69. The van der Waals surface area contributed by atoms with Crippen molar-refractivity contribution in [3.05, 3.63) is 48.3 Å². The molecule has 0 unspecified atom stereocenters. The lowest BCUT2D eigenvalue weighted by Gasteiger charge is -2.08. The Bertz CT molecular complexity index is 1010. The smallest absolute Gasteiger partial charge is 0.316 e. The third-order valence-corrected chi connectivity index (χ3v) is 4.69. The lowest BCUT2D eigenvalue weighted by Crippen LogP contribution is -2.32. The van der Waals surface area contributed by atoms with Crippen molar-refractivity contribution in [2.24, 2.45) is 0 Å². The van der Waals surface area contributed by atoms with E-state index >= 15 is 0 Å². The molecule has 8 heteroatoms. The quantitative estimate of drug-likeness (QED) is 0.569. The first kappa shape index (κ1) is 17.8. The zero-order valence-electron chi connectivity index (χ0n) is 15.2. The van der Waals surface area contributed by atoms with Crippen LogP contribution in [0.15, 0.2) is 41.1 Å². The third kappa shape index (κ3) is 3.90. The van der Waals surface area contributed by atoms with Crippen LogP contribution in [0.1, 0.15) is 42.2 Å². The fraction of sp³-hybridized carbons (Fsp3) is 0.250. The van der Waals surface area contributed by atoms with Crippen LogP contribution in [0, 0.1) is 5.41 Å². The minimum atomic E-state index is -0.321. The largest absolute Gasteiger partial charge is 0.345 e. The highest BCUT2D eigenvalue weighted by molar-refractivity contribution is 5.90. The summed E-state index contributed by atoms with van der Waals surface area (Å²) in [5.74, 6) is 0.683. The summed E-state index contributed by atoms with van der Waals surface area (Å²) in [6.45, 7) is 0. The van der Waals surface area contributed by atoms with Gasteiger partial charge in [-0.25, -0.2) is 4.98 Å². The number of amides is 1. The van der Waals surface area contributed by atoms with Gasteiger partial charge in [-0.1, -0.05) is 36.2 Å². The van der Waals surface area contributed by atoms with Crippen molar-refractivity contribution in [3.63, 3.8) is 0 Å². The topological polar surface area (TPSA) is 121 Å². The van der Waals surface area contributed by atoms with Crippen molar-refractivity contribution < 1.29 is 9.32 Å². The van der Waals surface area contributed by atoms with Crippen LogP contribution in [-0.2, 0) is 0 Å². The summed E-state index contributed by atoms with van der Waals surface area (Å²) in [5, 5.41) is 13.9. The number of hydrogen-bond acceptors (Lipinski definition) is 6. The molecule has 1 aliphatic rings. The fourth-order valence-corrected chi connectivity index (χ4v) is 3.28. The van der Waals surface area contributed by atoms with E-state index in [2.05, 4.69) is 25.4 Å². The van der Waals surface area contributed by atoms with Gasteiger partial charge < -0.3 is 20.2 Å². The molecule has 142 valence electrons. The standard InChI is InChI=1S/C20H20N6O2/c21-10-4-9-17-22-12-16(24-17)13-5-3-6-14(11-13)18-25-20(28-26-18)19(27)23-15-7-1-2-8-15/h3-6,9-12,15,21H,1-2,7-8H2,(H,22,24)(H,23,27)/b9-4-,21-10?. The van der Waals surface area contributed by atoms with Gasteiger partial charge in [0.25, 0.3) is 0 Å². The zero-order chi connectivity index (χ0) is 19.3. The molecule has 8 nitrogen and oxygen atoms in total. The highest BCUT2D eigenvalue weighted by Crippen LogP contribution is 2.24. The Morgan fingerprint density at radius 2 is 2.11 bits per heavy atom. The van der Waals surface area contributed by atoms with Gasteiger partial charge in [0.05, 0.1) is 11.9 Å². The maximum absolute atomic E-state index is 12.3. The van der Waals surface area contributed by atoms with Crippen LogP contribution in [0.4, 0.5) is 0 Å². The van der Waals surface area contributed by atoms with Crippen LogP contribution in [0.2, 0.25) is 0 Å². The van der Waals surface area contributed by atoms with Crippen LogP contribution in [-0.4, -0.2) is 38.3 Å². The van der Waals surface area contributed by atoms with Crippen molar-refractivity contribution >= 4 is 18.2 Å². The number of benzene rings is 1. The number of nitrogens with one attached hydrogen (secondary N) is 3. The number of nitrogens with zero attached hydrogens (tertiary/aromatic N) is 3. The molecule has 0 radical (unpaired) electrons. The summed E-state index contributed by atoms with van der Waals surface area (Å²) >= 11 is 0. The van der Waals surface area contributed by atoms with Gasteiger partial charge in [-0.15, -0.1) is 0 Å². The lowest BCUT2D eigenvalue weighted by atomic mass is 10.1. The highest BCUT2D eigenvalue weighted by Gasteiger charge is 2.22. The van der Waals surface area contributed by atoms with Gasteiger partial charge in [0, 0.05) is 23.4 Å². The van der Waals surface area contributed by atoms with Crippen molar-refractivity contribution in [1.82, 2.24) is 25.4 Å². The normalized spacial score (nSPS) is 14.6. The maximum atomic E-state index is 12.3. The van der Waals surface area contributed by atoms with Gasteiger partial charge >= 0.3 is 11.8 Å². The molecular weight excluding hydrogens is 356 g/mol. The Balaban J connectivity index is 1.52. The Morgan fingerprint density at radius 3 is 2.93 bits per heavy atom. The van der Waals surface area contributed by atoms with Crippen molar-refractivity contribution in [2.75, 3.05) is 0 Å². The van der Waals surface area contributed by atoms with Crippen molar-refractivity contribution in [1.29, 1.82) is 5.41 Å². The van der Waals surface area contributed by atoms with Crippen molar-refractivity contribution in [2.45, 2.75) is 31.7 Å². The number of rotatable bonds is 6. The van der Waals surface area contributed by atoms with Gasteiger partial charge in [-0.2, -0.15) is 4.98 Å². The summed E-state index contributed by atoms with van der Waals surface area (Å²) in [7, 11) is 0. The monoisotopic (exact) mass is 376 g/mol. The van der Waals surface area contributed by atoms with Gasteiger partial charge in [-0.05, 0) is 31.1 Å². The summed E-state index contributed by atoms with van der Waals surface area (Å²) in [5.41, 5.74) is 2.47. The molecule has 4 rings (SSSR count). The Hall–Kier alpha value is -3.55. The van der Waals surface area contributed by atoms with Crippen LogP contribution in [0.25, 0.3) is 28.7 Å². The van der Waals surface area contributed by atoms with E-state index in [0.29, 0.717) is 11.6 Å². The van der Waals surface area contributed by atoms with Gasteiger partial charge in [0.2, 0.25) is 5.82 Å². The first-order valence-corrected chi connectivity index (χ1v) is 9.20. The molecular formula is C20H20N6O2. The molecule has 1 amide bonds. The van der Waals surface area contributed by atoms with E-state index in [0.717, 1.165) is 42.5 Å². The second kappa shape index (κ2) is 7.99. The highest BCUT2D eigenvalue weighted by atomic mass is 16.5. The van der Waals surface area contributed by atoms with E-state index in [-0.39, 0.29) is 17.8 Å². The van der Waals surface area contributed by atoms with Crippen molar-refractivity contribution in [3.8, 4) is 22.6 Å². The van der Waals surface area contributed by atoms with E-state index in [9.17, 15) is 4.79 Å². The molecule has 0 spiro atoms. The number of aromatic amines is 1. The predicted octanol–water partition coefficient (Wildman–Crippen LogP) is 3.46. The van der Waals surface area contributed by atoms with E-state index in [1.807, 2.05) is 24.3 Å². The van der Waals surface area contributed by atoms with E-state index < -0.39 is 0 Å². The Labute approximate surface area is 161 Å². The molecule has 3 aromatic rings. The number of carbonyl (C=O) groups is 1. The molecule has 2 aromatic heterocycles. The minimum Gasteiger partial charge on any atom is -0.345 e. The first-order valence-electron chi connectivity index (χ1n) is 9.20. The molecule has 1 saturated carbocycles. The molecule has 2 heterocycles. The van der Waals surface area contributed by atoms with E-state index in [1.165, 1.54) is 6.21 Å². The Morgan fingerprint density at radius 1 is 1.29 bits per heavy atom. The summed E-state index contributed by atoms with van der Waals surface area (Å²) in [6, 6.07) is 7.78. The molecule has 0 aliphatic heterocycles. The van der Waals surface area contributed by atoms with E-state index in [4.69, 9.17) is 9.93 Å².